The number of carbonyl (C=O) groups is 2. The fraction of sp³-hybridized carbons (Fsp3) is 0.360. The molecule has 0 unspecified atom stereocenters. The van der Waals surface area contributed by atoms with Crippen molar-refractivity contribution in [1.82, 2.24) is 15.1 Å². The maximum absolute atomic E-state index is 15.1. The summed E-state index contributed by atoms with van der Waals surface area (Å²) in [5, 5.41) is 7.75. The Hall–Kier alpha value is -3.46. The normalized spacial score (nSPS) is 19.6. The zero-order valence-corrected chi connectivity index (χ0v) is 18.6. The fourth-order valence-electron chi connectivity index (χ4n) is 4.76. The van der Waals surface area contributed by atoms with E-state index in [0.29, 0.717) is 30.2 Å². The van der Waals surface area contributed by atoms with E-state index in [9.17, 15) is 14.0 Å². The van der Waals surface area contributed by atoms with Gasteiger partial charge < -0.3 is 14.1 Å². The quantitative estimate of drug-likeness (QED) is 0.528. The first-order valence-electron chi connectivity index (χ1n) is 11.1. The van der Waals surface area contributed by atoms with E-state index >= 15 is 4.39 Å². The molecule has 0 radical (unpaired) electrons. The molecule has 2 atom stereocenters. The Kier molecular flexibility index (Phi) is 5.95. The highest BCUT2D eigenvalue weighted by Gasteiger charge is 2.43. The molecule has 0 saturated carbocycles. The Morgan fingerprint density at radius 2 is 1.85 bits per heavy atom. The van der Waals surface area contributed by atoms with Crippen LogP contribution in [0, 0.1) is 24.5 Å². The van der Waals surface area contributed by atoms with Crippen LogP contribution in [-0.2, 0) is 40.5 Å². The predicted molar refractivity (Wildman–Crippen MR) is 115 cm³/mol. The number of carbonyl (C=O) groups excluding carboxylic acids is 2. The lowest BCUT2D eigenvalue weighted by atomic mass is 9.83. The first-order valence-corrected chi connectivity index (χ1v) is 11.1. The monoisotopic (exact) mass is 467 g/mol. The standard InChI is InChI=1S/C25H23F2N3O4/c1-14-28-29-24(34-14)11-30-10-22(20-7-16-12-33-13-17(16)8-23(20)27)21(25(30)32)9-19(31)6-15-2-4-18(26)5-3-15/h2-5,7-8,21-22H,6,9-13H2,1H3/t21-,22-/m0/s1. The minimum atomic E-state index is -0.730. The van der Waals surface area contributed by atoms with E-state index in [1.54, 1.807) is 25.1 Å². The van der Waals surface area contributed by atoms with Crippen LogP contribution in [0.25, 0.3) is 0 Å². The van der Waals surface area contributed by atoms with Gasteiger partial charge >= 0.3 is 0 Å². The van der Waals surface area contributed by atoms with E-state index in [-0.39, 0.29) is 49.3 Å². The number of likely N-dealkylation sites (tertiary alicyclic amines) is 1. The van der Waals surface area contributed by atoms with E-state index in [1.165, 1.54) is 23.1 Å². The Morgan fingerprint density at radius 3 is 2.56 bits per heavy atom. The van der Waals surface area contributed by atoms with Crippen molar-refractivity contribution < 1.29 is 27.5 Å². The number of amides is 1. The van der Waals surface area contributed by atoms with Gasteiger partial charge in [-0.15, -0.1) is 10.2 Å². The second kappa shape index (κ2) is 9.06. The Morgan fingerprint density at radius 1 is 1.12 bits per heavy atom. The highest BCUT2D eigenvalue weighted by molar-refractivity contribution is 5.90. The van der Waals surface area contributed by atoms with Crippen molar-refractivity contribution in [1.29, 1.82) is 0 Å². The van der Waals surface area contributed by atoms with Crippen LogP contribution in [0.1, 0.15) is 46.4 Å². The van der Waals surface area contributed by atoms with Crippen molar-refractivity contribution in [2.45, 2.75) is 45.4 Å². The topological polar surface area (TPSA) is 85.5 Å². The maximum Gasteiger partial charge on any atom is 0.235 e. The molecule has 0 aliphatic carbocycles. The van der Waals surface area contributed by atoms with E-state index in [2.05, 4.69) is 10.2 Å². The van der Waals surface area contributed by atoms with Crippen LogP contribution in [0.4, 0.5) is 8.78 Å². The van der Waals surface area contributed by atoms with Gasteiger partial charge in [0.05, 0.1) is 25.7 Å². The van der Waals surface area contributed by atoms with Crippen molar-refractivity contribution in [2.24, 2.45) is 5.92 Å². The van der Waals surface area contributed by atoms with Gasteiger partial charge in [0.2, 0.25) is 17.7 Å². The van der Waals surface area contributed by atoms with Gasteiger partial charge in [-0.05, 0) is 46.5 Å². The Balaban J connectivity index is 1.41. The highest BCUT2D eigenvalue weighted by atomic mass is 19.1. The van der Waals surface area contributed by atoms with E-state index in [4.69, 9.17) is 9.15 Å². The Bertz CT molecular complexity index is 1240. The number of Topliss-reactive ketones (excluding diaryl/α,β-unsaturated/α-hetero) is 1. The third-order valence-corrected chi connectivity index (χ3v) is 6.42. The zero-order valence-electron chi connectivity index (χ0n) is 18.6. The molecule has 0 bridgehead atoms. The molecule has 3 aromatic rings. The molecule has 5 rings (SSSR count). The SMILES string of the molecule is Cc1nnc(CN2C[C@@H](c3cc4c(cc3F)COC4)[C@H](CC(=O)Cc3ccc(F)cc3)C2=O)o1. The number of ether oxygens (including phenoxy) is 1. The molecule has 176 valence electrons. The summed E-state index contributed by atoms with van der Waals surface area (Å²) in [6.07, 6.45) is 0.0212. The summed E-state index contributed by atoms with van der Waals surface area (Å²) < 4.78 is 39.2. The second-order valence-electron chi connectivity index (χ2n) is 8.83. The molecule has 7 nitrogen and oxygen atoms in total. The van der Waals surface area contributed by atoms with Crippen molar-refractivity contribution in [2.75, 3.05) is 6.54 Å². The average Bonchev–Trinajstić information content (AvgIpc) is 3.50. The molecule has 1 fully saturated rings. The summed E-state index contributed by atoms with van der Waals surface area (Å²) in [6.45, 7) is 2.73. The predicted octanol–water partition coefficient (Wildman–Crippen LogP) is 3.63. The molecule has 1 aromatic heterocycles. The first kappa shape index (κ1) is 22.3. The number of aromatic nitrogens is 2. The lowest BCUT2D eigenvalue weighted by Crippen LogP contribution is -2.28. The number of halogens is 2. The zero-order chi connectivity index (χ0) is 23.8. The van der Waals surface area contributed by atoms with Gasteiger partial charge in [-0.1, -0.05) is 12.1 Å². The number of ketones is 1. The first-order chi connectivity index (χ1) is 16.4. The fourth-order valence-corrected chi connectivity index (χ4v) is 4.76. The number of rotatable bonds is 7. The van der Waals surface area contributed by atoms with Crippen LogP contribution in [0.2, 0.25) is 0 Å². The van der Waals surface area contributed by atoms with Crippen molar-refractivity contribution >= 4 is 11.7 Å². The summed E-state index contributed by atoms with van der Waals surface area (Å²) in [5.74, 6) is -1.80. The number of aryl methyl sites for hydroxylation is 1. The van der Waals surface area contributed by atoms with Crippen LogP contribution in [0.15, 0.2) is 40.8 Å². The molecule has 2 aliphatic heterocycles. The summed E-state index contributed by atoms with van der Waals surface area (Å²) in [4.78, 5) is 27.8. The average molecular weight is 467 g/mol. The number of fused-ring (bicyclic) bond motifs is 1. The van der Waals surface area contributed by atoms with Crippen molar-refractivity contribution in [3.63, 3.8) is 0 Å². The second-order valence-corrected chi connectivity index (χ2v) is 8.83. The number of hydrogen-bond acceptors (Lipinski definition) is 6. The van der Waals surface area contributed by atoms with Crippen LogP contribution in [0.5, 0.6) is 0 Å². The summed E-state index contributed by atoms with van der Waals surface area (Å²) in [5.41, 5.74) is 2.76. The van der Waals surface area contributed by atoms with Gasteiger partial charge in [0, 0.05) is 32.2 Å². The minimum absolute atomic E-state index is 0.0484. The Labute approximate surface area is 194 Å². The smallest absolute Gasteiger partial charge is 0.235 e. The van der Waals surface area contributed by atoms with Crippen LogP contribution >= 0.6 is 0 Å². The number of hydrogen-bond donors (Lipinski definition) is 0. The van der Waals surface area contributed by atoms with E-state index < -0.39 is 17.7 Å². The molecule has 9 heteroatoms. The van der Waals surface area contributed by atoms with Gasteiger partial charge in [-0.25, -0.2) is 8.78 Å². The van der Waals surface area contributed by atoms with Gasteiger partial charge in [-0.3, -0.25) is 9.59 Å². The third-order valence-electron chi connectivity index (χ3n) is 6.42. The summed E-state index contributed by atoms with van der Waals surface area (Å²) in [6, 6.07) is 8.90. The molecule has 2 aromatic carbocycles. The van der Waals surface area contributed by atoms with Crippen LogP contribution in [-0.4, -0.2) is 33.3 Å². The lowest BCUT2D eigenvalue weighted by molar-refractivity contribution is -0.134. The van der Waals surface area contributed by atoms with Gasteiger partial charge in [0.1, 0.15) is 17.4 Å². The lowest BCUT2D eigenvalue weighted by Gasteiger charge is -2.18. The van der Waals surface area contributed by atoms with Gasteiger partial charge in [0.25, 0.3) is 0 Å². The van der Waals surface area contributed by atoms with Crippen molar-refractivity contribution in [3.8, 4) is 0 Å². The molecule has 0 spiro atoms. The van der Waals surface area contributed by atoms with E-state index in [1.807, 2.05) is 0 Å². The minimum Gasteiger partial charge on any atom is -0.424 e. The maximum atomic E-state index is 15.1. The summed E-state index contributed by atoms with van der Waals surface area (Å²) >= 11 is 0. The molecule has 0 N–H and O–H groups in total. The number of benzene rings is 2. The van der Waals surface area contributed by atoms with E-state index in [0.717, 1.165) is 11.1 Å². The molecule has 2 aliphatic rings. The van der Waals surface area contributed by atoms with Gasteiger partial charge in [0.15, 0.2) is 0 Å². The van der Waals surface area contributed by atoms with Crippen LogP contribution < -0.4 is 0 Å². The highest BCUT2D eigenvalue weighted by Crippen LogP contribution is 2.39. The molecular formula is C25H23F2N3O4. The molecule has 34 heavy (non-hydrogen) atoms. The number of nitrogens with zero attached hydrogens (tertiary/aromatic N) is 3. The van der Waals surface area contributed by atoms with Gasteiger partial charge in [-0.2, -0.15) is 0 Å². The largest absolute Gasteiger partial charge is 0.424 e. The molecular weight excluding hydrogens is 444 g/mol. The summed E-state index contributed by atoms with van der Waals surface area (Å²) in [7, 11) is 0. The molecule has 1 saturated heterocycles. The van der Waals surface area contributed by atoms with Crippen LogP contribution in [0.3, 0.4) is 0 Å². The third kappa shape index (κ3) is 4.48. The van der Waals surface area contributed by atoms with Crippen molar-refractivity contribution in [3.05, 3.63) is 82.1 Å². The molecule has 1 amide bonds. The molecule has 3 heterocycles.